The molecule has 3 heteroatoms. The second-order valence-corrected chi connectivity index (χ2v) is 6.24. The fourth-order valence-corrected chi connectivity index (χ4v) is 3.74. The van der Waals surface area contributed by atoms with Gasteiger partial charge >= 0.3 is 5.97 Å². The van der Waals surface area contributed by atoms with Gasteiger partial charge in [0.15, 0.2) is 0 Å². The van der Waals surface area contributed by atoms with Crippen LogP contribution in [-0.4, -0.2) is 35.1 Å². The Bertz CT molecular complexity index is 272. The molecule has 2 rings (SSSR count). The average molecular weight is 253 g/mol. The first-order valence-electron chi connectivity index (χ1n) is 7.62. The van der Waals surface area contributed by atoms with Gasteiger partial charge in [-0.2, -0.15) is 0 Å². The minimum Gasteiger partial charge on any atom is -0.481 e. The minimum absolute atomic E-state index is 0.352. The third kappa shape index (κ3) is 3.71. The molecule has 1 N–H and O–H groups in total. The van der Waals surface area contributed by atoms with E-state index in [0.717, 1.165) is 18.4 Å². The van der Waals surface area contributed by atoms with Crippen LogP contribution in [0.15, 0.2) is 0 Å². The van der Waals surface area contributed by atoms with E-state index in [4.69, 9.17) is 5.11 Å². The van der Waals surface area contributed by atoms with Crippen LogP contribution in [-0.2, 0) is 4.79 Å². The van der Waals surface area contributed by atoms with Gasteiger partial charge in [-0.25, -0.2) is 0 Å². The third-order valence-corrected chi connectivity index (χ3v) is 4.95. The molecule has 18 heavy (non-hydrogen) atoms. The normalized spacial score (nSPS) is 31.4. The van der Waals surface area contributed by atoms with Crippen molar-refractivity contribution < 1.29 is 9.90 Å². The number of nitrogens with zero attached hydrogens (tertiary/aromatic N) is 1. The van der Waals surface area contributed by atoms with Crippen LogP contribution in [0.3, 0.4) is 0 Å². The minimum atomic E-state index is -0.640. The summed E-state index contributed by atoms with van der Waals surface area (Å²) in [5.41, 5.74) is 0. The summed E-state index contributed by atoms with van der Waals surface area (Å²) < 4.78 is 0. The molecular weight excluding hydrogens is 226 g/mol. The summed E-state index contributed by atoms with van der Waals surface area (Å²) in [5, 5.41) is 8.72. The molecule has 0 spiro atoms. The Morgan fingerprint density at radius 1 is 1.17 bits per heavy atom. The zero-order valence-electron chi connectivity index (χ0n) is 11.6. The molecule has 1 heterocycles. The summed E-state index contributed by atoms with van der Waals surface area (Å²) in [6, 6.07) is 0.805. The predicted molar refractivity (Wildman–Crippen MR) is 72.6 cm³/mol. The fourth-order valence-electron chi connectivity index (χ4n) is 3.74. The predicted octanol–water partition coefficient (Wildman–Crippen LogP) is 3.14. The van der Waals surface area contributed by atoms with Crippen molar-refractivity contribution in [1.29, 1.82) is 0 Å². The second kappa shape index (κ2) is 6.55. The molecule has 0 bridgehead atoms. The highest BCUT2D eigenvalue weighted by atomic mass is 16.4. The summed E-state index contributed by atoms with van der Waals surface area (Å²) in [6.45, 7) is 4.79. The van der Waals surface area contributed by atoms with E-state index < -0.39 is 5.97 Å². The first kappa shape index (κ1) is 13.9. The smallest absolute Gasteiger partial charge is 0.303 e. The van der Waals surface area contributed by atoms with E-state index in [0.29, 0.717) is 12.3 Å². The highest BCUT2D eigenvalue weighted by Crippen LogP contribution is 2.31. The van der Waals surface area contributed by atoms with E-state index in [1.165, 1.54) is 51.6 Å². The van der Waals surface area contributed by atoms with Gasteiger partial charge in [0.25, 0.3) is 0 Å². The number of rotatable bonds is 4. The maximum absolute atomic E-state index is 10.6. The van der Waals surface area contributed by atoms with E-state index in [-0.39, 0.29) is 0 Å². The number of carbonyl (C=O) groups is 1. The number of carboxylic acids is 1. The SMILES string of the molecule is CC1CCCCC1N1CCC(CCC(=O)O)CC1. The Kier molecular flexibility index (Phi) is 5.04. The van der Waals surface area contributed by atoms with E-state index in [1.54, 1.807) is 0 Å². The number of piperidine rings is 1. The van der Waals surface area contributed by atoms with Crippen LogP contribution in [0.25, 0.3) is 0 Å². The molecule has 1 saturated heterocycles. The lowest BCUT2D eigenvalue weighted by atomic mass is 9.83. The molecule has 2 fully saturated rings. The van der Waals surface area contributed by atoms with E-state index in [1.807, 2.05) is 0 Å². The van der Waals surface area contributed by atoms with Gasteiger partial charge in [0.2, 0.25) is 0 Å². The van der Waals surface area contributed by atoms with Crippen molar-refractivity contribution in [3.8, 4) is 0 Å². The second-order valence-electron chi connectivity index (χ2n) is 6.24. The molecule has 0 aromatic carbocycles. The molecule has 2 atom stereocenters. The summed E-state index contributed by atoms with van der Waals surface area (Å²) in [5.74, 6) is 0.865. The van der Waals surface area contributed by atoms with Crippen molar-refractivity contribution in [3.63, 3.8) is 0 Å². The fraction of sp³-hybridized carbons (Fsp3) is 0.933. The topological polar surface area (TPSA) is 40.5 Å². The summed E-state index contributed by atoms with van der Waals surface area (Å²) in [4.78, 5) is 13.3. The van der Waals surface area contributed by atoms with Crippen molar-refractivity contribution in [2.45, 2.75) is 64.3 Å². The molecule has 2 aliphatic rings. The van der Waals surface area contributed by atoms with Gasteiger partial charge in [-0.15, -0.1) is 0 Å². The summed E-state index contributed by atoms with van der Waals surface area (Å²) in [7, 11) is 0. The summed E-state index contributed by atoms with van der Waals surface area (Å²) in [6.07, 6.45) is 9.21. The van der Waals surface area contributed by atoms with Gasteiger partial charge in [-0.3, -0.25) is 4.79 Å². The molecule has 2 unspecified atom stereocenters. The van der Waals surface area contributed by atoms with Gasteiger partial charge in [0.05, 0.1) is 0 Å². The van der Waals surface area contributed by atoms with Gasteiger partial charge in [-0.1, -0.05) is 19.8 Å². The number of hydrogen-bond acceptors (Lipinski definition) is 2. The first-order chi connectivity index (χ1) is 8.66. The Labute approximate surface area is 111 Å². The zero-order valence-corrected chi connectivity index (χ0v) is 11.6. The third-order valence-electron chi connectivity index (χ3n) is 4.95. The lowest BCUT2D eigenvalue weighted by Crippen LogP contribution is -2.45. The van der Waals surface area contributed by atoms with Crippen molar-refractivity contribution in [3.05, 3.63) is 0 Å². The van der Waals surface area contributed by atoms with E-state index in [9.17, 15) is 4.79 Å². The molecule has 1 aliphatic carbocycles. The molecule has 3 nitrogen and oxygen atoms in total. The van der Waals surface area contributed by atoms with Crippen LogP contribution < -0.4 is 0 Å². The molecule has 0 radical (unpaired) electrons. The lowest BCUT2D eigenvalue weighted by molar-refractivity contribution is -0.137. The van der Waals surface area contributed by atoms with Crippen molar-refractivity contribution in [1.82, 2.24) is 4.90 Å². The summed E-state index contributed by atoms with van der Waals surface area (Å²) >= 11 is 0. The van der Waals surface area contributed by atoms with Gasteiger partial charge in [0, 0.05) is 12.5 Å². The average Bonchev–Trinajstić information content (AvgIpc) is 2.38. The van der Waals surface area contributed by atoms with Crippen molar-refractivity contribution in [2.24, 2.45) is 11.8 Å². The molecule has 1 saturated carbocycles. The Morgan fingerprint density at radius 2 is 1.83 bits per heavy atom. The quantitative estimate of drug-likeness (QED) is 0.836. The Morgan fingerprint density at radius 3 is 2.44 bits per heavy atom. The highest BCUT2D eigenvalue weighted by molar-refractivity contribution is 5.66. The highest BCUT2D eigenvalue weighted by Gasteiger charge is 2.30. The molecule has 0 aromatic heterocycles. The van der Waals surface area contributed by atoms with Gasteiger partial charge < -0.3 is 10.0 Å². The molecule has 104 valence electrons. The number of likely N-dealkylation sites (tertiary alicyclic amines) is 1. The van der Waals surface area contributed by atoms with Crippen LogP contribution in [0.1, 0.15) is 58.3 Å². The first-order valence-corrected chi connectivity index (χ1v) is 7.62. The molecule has 1 aliphatic heterocycles. The standard InChI is InChI=1S/C15H27NO2/c1-12-4-2-3-5-14(12)16-10-8-13(9-11-16)6-7-15(17)18/h12-14H,2-11H2,1H3,(H,17,18). The van der Waals surface area contributed by atoms with Crippen molar-refractivity contribution in [2.75, 3.05) is 13.1 Å². The lowest BCUT2D eigenvalue weighted by Gasteiger charge is -2.42. The molecular formula is C15H27NO2. The Balaban J connectivity index is 1.74. The van der Waals surface area contributed by atoms with Gasteiger partial charge in [-0.05, 0) is 57.0 Å². The number of hydrogen-bond donors (Lipinski definition) is 1. The zero-order chi connectivity index (χ0) is 13.0. The van der Waals surface area contributed by atoms with Crippen LogP contribution in [0.2, 0.25) is 0 Å². The van der Waals surface area contributed by atoms with E-state index >= 15 is 0 Å². The molecule has 0 amide bonds. The van der Waals surface area contributed by atoms with Crippen LogP contribution in [0, 0.1) is 11.8 Å². The number of carboxylic acid groups (broad SMARTS) is 1. The van der Waals surface area contributed by atoms with Crippen LogP contribution in [0.4, 0.5) is 0 Å². The van der Waals surface area contributed by atoms with Gasteiger partial charge in [0.1, 0.15) is 0 Å². The maximum atomic E-state index is 10.6. The number of aliphatic carboxylic acids is 1. The van der Waals surface area contributed by atoms with Crippen molar-refractivity contribution >= 4 is 5.97 Å². The largest absolute Gasteiger partial charge is 0.481 e. The molecule has 0 aromatic rings. The Hall–Kier alpha value is -0.570. The van der Waals surface area contributed by atoms with E-state index in [2.05, 4.69) is 11.8 Å². The maximum Gasteiger partial charge on any atom is 0.303 e. The monoisotopic (exact) mass is 253 g/mol. The van der Waals surface area contributed by atoms with Crippen LogP contribution >= 0.6 is 0 Å². The van der Waals surface area contributed by atoms with Crippen LogP contribution in [0.5, 0.6) is 0 Å².